The van der Waals surface area contributed by atoms with Crippen LogP contribution in [0.15, 0.2) is 24.3 Å². The van der Waals surface area contributed by atoms with Crippen LogP contribution in [0.25, 0.3) is 0 Å². The molecule has 0 heterocycles. The van der Waals surface area contributed by atoms with Gasteiger partial charge in [0.25, 0.3) is 7.82 Å². The van der Waals surface area contributed by atoms with E-state index < -0.39 is 7.82 Å². The summed E-state index contributed by atoms with van der Waals surface area (Å²) in [6.07, 6.45) is 15.3. The van der Waals surface area contributed by atoms with E-state index in [9.17, 15) is 14.3 Å². The third kappa shape index (κ3) is 21.2. The van der Waals surface area contributed by atoms with Crippen molar-refractivity contribution in [3.8, 4) is 5.75 Å². The molecule has 0 aliphatic rings. The third-order valence-electron chi connectivity index (χ3n) is 6.73. The van der Waals surface area contributed by atoms with Crippen molar-refractivity contribution in [2.75, 3.05) is 47.5 Å². The first-order valence-corrected chi connectivity index (χ1v) is 16.6. The number of unbranched alkanes of at least 4 members (excludes halogenated alkanes) is 10. The molecule has 0 aromatic heterocycles. The van der Waals surface area contributed by atoms with E-state index in [0.717, 1.165) is 35.2 Å². The lowest BCUT2D eigenvalue weighted by Crippen LogP contribution is -2.35. The number of phosphoric ester groups is 1. The van der Waals surface area contributed by atoms with Gasteiger partial charge in [-0.1, -0.05) is 76.8 Å². The van der Waals surface area contributed by atoms with E-state index in [2.05, 4.69) is 28.1 Å². The van der Waals surface area contributed by atoms with Crippen LogP contribution in [0.2, 0.25) is 0 Å². The number of benzene rings is 1. The normalized spacial score (nSPS) is 14.2. The Morgan fingerprint density at radius 2 is 1.41 bits per heavy atom. The van der Waals surface area contributed by atoms with Gasteiger partial charge in [0, 0.05) is 6.42 Å². The quantitative estimate of drug-likeness (QED) is 0.0709. The highest BCUT2D eigenvalue weighted by Crippen LogP contribution is 2.39. The number of carbonyl (C=O) groups is 1. The Morgan fingerprint density at radius 1 is 0.846 bits per heavy atom. The first-order valence-electron chi connectivity index (χ1n) is 15.1. The van der Waals surface area contributed by atoms with Crippen molar-refractivity contribution in [3.05, 3.63) is 29.8 Å². The van der Waals surface area contributed by atoms with Gasteiger partial charge in [0.15, 0.2) is 0 Å². The fourth-order valence-electron chi connectivity index (χ4n) is 4.53. The van der Waals surface area contributed by atoms with Crippen molar-refractivity contribution in [2.45, 2.75) is 104 Å². The summed E-state index contributed by atoms with van der Waals surface area (Å²) in [7, 11) is 1.88. The van der Waals surface area contributed by atoms with Crippen molar-refractivity contribution < 1.29 is 32.5 Å². The first kappa shape index (κ1) is 35.8. The molecule has 0 saturated heterocycles. The average Bonchev–Trinajstić information content (AvgIpc) is 2.85. The molecule has 0 bridgehead atoms. The highest BCUT2D eigenvalue weighted by atomic mass is 31.2. The van der Waals surface area contributed by atoms with E-state index in [4.69, 9.17) is 13.8 Å². The van der Waals surface area contributed by atoms with Crippen LogP contribution >= 0.6 is 7.82 Å². The SMILES string of the molecule is CCCCCCCCCCCCOc1ccc(CC(COP(=O)([O-])OCCCC[N+](C)(C)C)CC(C)=O)cc1. The van der Waals surface area contributed by atoms with E-state index in [0.29, 0.717) is 19.4 Å². The molecule has 1 rings (SSSR count). The molecule has 2 atom stereocenters. The summed E-state index contributed by atoms with van der Waals surface area (Å²) in [6.45, 7) is 5.46. The summed E-state index contributed by atoms with van der Waals surface area (Å²) in [4.78, 5) is 24.0. The predicted molar refractivity (Wildman–Crippen MR) is 158 cm³/mol. The van der Waals surface area contributed by atoms with E-state index >= 15 is 0 Å². The van der Waals surface area contributed by atoms with Crippen LogP contribution < -0.4 is 9.63 Å². The molecule has 0 radical (unpaired) electrons. The second kappa shape index (κ2) is 20.6. The van der Waals surface area contributed by atoms with Crippen LogP contribution in [0.5, 0.6) is 5.75 Å². The fraction of sp³-hybridized carbons (Fsp3) is 0.774. The molecule has 39 heavy (non-hydrogen) atoms. The van der Waals surface area contributed by atoms with Crippen LogP contribution in [0.1, 0.15) is 103 Å². The number of quaternary nitrogens is 1. The van der Waals surface area contributed by atoms with E-state index in [1.54, 1.807) is 0 Å². The Kier molecular flexibility index (Phi) is 18.9. The minimum Gasteiger partial charge on any atom is -0.756 e. The number of Topliss-reactive ketones (excluding diaryl/α,β-unsaturated/α-hetero) is 1. The molecule has 8 heteroatoms. The maximum Gasteiger partial charge on any atom is 0.267 e. The molecular weight excluding hydrogens is 513 g/mol. The predicted octanol–water partition coefficient (Wildman–Crippen LogP) is 7.11. The highest BCUT2D eigenvalue weighted by Gasteiger charge is 2.18. The van der Waals surface area contributed by atoms with Crippen LogP contribution in [-0.4, -0.2) is 57.8 Å². The molecule has 0 spiro atoms. The summed E-state index contributed by atoms with van der Waals surface area (Å²) < 4.78 is 29.1. The van der Waals surface area contributed by atoms with Gasteiger partial charge in [-0.3, -0.25) is 4.57 Å². The molecule has 1 aromatic rings. The van der Waals surface area contributed by atoms with Gasteiger partial charge in [-0.25, -0.2) is 0 Å². The lowest BCUT2D eigenvalue weighted by molar-refractivity contribution is -0.870. The summed E-state index contributed by atoms with van der Waals surface area (Å²) in [5.74, 6) is 0.587. The van der Waals surface area contributed by atoms with Crippen LogP contribution in [0, 0.1) is 5.92 Å². The molecule has 1 aromatic carbocycles. The number of rotatable bonds is 25. The Balaban J connectivity index is 2.32. The monoisotopic (exact) mass is 569 g/mol. The number of hydrogen-bond acceptors (Lipinski definition) is 6. The molecule has 0 N–H and O–H groups in total. The van der Waals surface area contributed by atoms with Crippen molar-refractivity contribution in [3.63, 3.8) is 0 Å². The Morgan fingerprint density at radius 3 is 1.97 bits per heavy atom. The molecule has 2 unspecified atom stereocenters. The Labute approximate surface area is 238 Å². The van der Waals surface area contributed by atoms with Gasteiger partial charge in [0.1, 0.15) is 11.5 Å². The Hall–Kier alpha value is -1.24. The average molecular weight is 570 g/mol. The van der Waals surface area contributed by atoms with Crippen molar-refractivity contribution in [1.29, 1.82) is 0 Å². The summed E-state index contributed by atoms with van der Waals surface area (Å²) in [5.41, 5.74) is 1.01. The van der Waals surface area contributed by atoms with Gasteiger partial charge in [0.05, 0.1) is 47.5 Å². The smallest absolute Gasteiger partial charge is 0.267 e. The van der Waals surface area contributed by atoms with Gasteiger partial charge in [-0.15, -0.1) is 0 Å². The number of phosphoric acid groups is 1. The van der Waals surface area contributed by atoms with Gasteiger partial charge in [-0.05, 0) is 56.2 Å². The van der Waals surface area contributed by atoms with E-state index in [1.807, 2.05) is 24.3 Å². The van der Waals surface area contributed by atoms with Gasteiger partial charge in [-0.2, -0.15) is 0 Å². The second-order valence-corrected chi connectivity index (χ2v) is 13.4. The number of nitrogens with zero attached hydrogens (tertiary/aromatic N) is 1. The molecule has 0 aliphatic heterocycles. The summed E-state index contributed by atoms with van der Waals surface area (Å²) in [5, 5.41) is 0. The molecular formula is C31H56NO6P. The van der Waals surface area contributed by atoms with Gasteiger partial charge < -0.3 is 28.0 Å². The summed E-state index contributed by atoms with van der Waals surface area (Å²) >= 11 is 0. The number of ether oxygens (including phenoxy) is 1. The molecule has 0 aliphatic carbocycles. The topological polar surface area (TPSA) is 84.9 Å². The van der Waals surface area contributed by atoms with Crippen molar-refractivity contribution in [2.24, 2.45) is 5.92 Å². The van der Waals surface area contributed by atoms with Crippen molar-refractivity contribution in [1.82, 2.24) is 0 Å². The highest BCUT2D eigenvalue weighted by molar-refractivity contribution is 7.45. The number of hydrogen-bond donors (Lipinski definition) is 0. The molecule has 0 amide bonds. The molecule has 226 valence electrons. The van der Waals surface area contributed by atoms with Crippen LogP contribution in [0.3, 0.4) is 0 Å². The molecule has 0 saturated carbocycles. The maximum absolute atomic E-state index is 12.2. The van der Waals surface area contributed by atoms with Gasteiger partial charge in [0.2, 0.25) is 0 Å². The summed E-state index contributed by atoms with van der Waals surface area (Å²) in [6, 6.07) is 7.83. The number of carbonyl (C=O) groups excluding carboxylic acids is 1. The van der Waals surface area contributed by atoms with Gasteiger partial charge >= 0.3 is 0 Å². The maximum atomic E-state index is 12.2. The number of ketones is 1. The lowest BCUT2D eigenvalue weighted by Gasteiger charge is -2.26. The zero-order valence-electron chi connectivity index (χ0n) is 25.5. The minimum atomic E-state index is -4.40. The standard InChI is InChI=1S/C31H56NO6P/c1-6-7-8-9-10-11-12-13-14-16-23-36-31-20-18-29(19-21-31)26-30(25-28(2)33)27-38-39(34,35)37-24-17-15-22-32(3,4)5/h18-21,30H,6-17,22-27H2,1-5H3. The molecule has 0 fully saturated rings. The Bertz CT molecular complexity index is 808. The molecule has 7 nitrogen and oxygen atoms in total. The second-order valence-electron chi connectivity index (χ2n) is 11.9. The van der Waals surface area contributed by atoms with E-state index in [1.165, 1.54) is 64.7 Å². The fourth-order valence-corrected chi connectivity index (χ4v) is 5.35. The lowest BCUT2D eigenvalue weighted by atomic mass is 9.95. The van der Waals surface area contributed by atoms with Crippen LogP contribution in [-0.2, 0) is 24.8 Å². The third-order valence-corrected chi connectivity index (χ3v) is 7.70. The zero-order valence-corrected chi connectivity index (χ0v) is 26.4. The first-order chi connectivity index (χ1) is 18.5. The van der Waals surface area contributed by atoms with Crippen molar-refractivity contribution >= 4 is 13.6 Å². The van der Waals surface area contributed by atoms with Crippen LogP contribution in [0.4, 0.5) is 0 Å². The van der Waals surface area contributed by atoms with E-state index in [-0.39, 0.29) is 31.3 Å². The minimum absolute atomic E-state index is 0.00185. The largest absolute Gasteiger partial charge is 0.756 e. The zero-order chi connectivity index (χ0) is 29.0.